The molecule has 0 atom stereocenters. The van der Waals surface area contributed by atoms with Crippen LogP contribution in [0.2, 0.25) is 0 Å². The first kappa shape index (κ1) is 22.6. The van der Waals surface area contributed by atoms with Gasteiger partial charge in [0.1, 0.15) is 5.82 Å². The maximum Gasteiger partial charge on any atom is 0.225 e. The van der Waals surface area contributed by atoms with E-state index >= 15 is 0 Å². The van der Waals surface area contributed by atoms with Crippen molar-refractivity contribution in [3.8, 4) is 0 Å². The third-order valence-electron chi connectivity index (χ3n) is 7.38. The van der Waals surface area contributed by atoms with Crippen molar-refractivity contribution in [3.63, 3.8) is 0 Å². The fourth-order valence-corrected chi connectivity index (χ4v) is 5.55. The molecule has 0 saturated heterocycles. The fourth-order valence-electron chi connectivity index (χ4n) is 5.55. The van der Waals surface area contributed by atoms with E-state index in [9.17, 15) is 4.79 Å². The number of nitrogens with one attached hydrogen (secondary N) is 2. The Labute approximate surface area is 202 Å². The van der Waals surface area contributed by atoms with Gasteiger partial charge in [-0.1, -0.05) is 36.4 Å². The Bertz CT molecular complexity index is 1130. The summed E-state index contributed by atoms with van der Waals surface area (Å²) in [6, 6.07) is 17.1. The van der Waals surface area contributed by atoms with Crippen LogP contribution in [0.4, 0.5) is 11.8 Å². The van der Waals surface area contributed by atoms with Crippen LogP contribution in [0.3, 0.4) is 0 Å². The third-order valence-corrected chi connectivity index (χ3v) is 7.38. The van der Waals surface area contributed by atoms with E-state index in [0.29, 0.717) is 30.2 Å². The average molecular weight is 458 g/mol. The van der Waals surface area contributed by atoms with Crippen molar-refractivity contribution in [1.82, 2.24) is 15.3 Å². The summed E-state index contributed by atoms with van der Waals surface area (Å²) in [5.41, 5.74) is 3.80. The molecule has 0 spiro atoms. The minimum absolute atomic E-state index is 0.207. The number of fused-ring (bicyclic) bond motifs is 2. The van der Waals surface area contributed by atoms with Gasteiger partial charge in [0.05, 0.1) is 5.52 Å². The van der Waals surface area contributed by atoms with Crippen LogP contribution in [0.1, 0.15) is 43.2 Å². The lowest BCUT2D eigenvalue weighted by molar-refractivity contribution is -0.122. The maximum absolute atomic E-state index is 12.5. The first-order chi connectivity index (χ1) is 16.5. The zero-order valence-corrected chi connectivity index (χ0v) is 20.3. The van der Waals surface area contributed by atoms with Gasteiger partial charge in [-0.25, -0.2) is 4.98 Å². The molecule has 1 aromatic heterocycles. The number of rotatable bonds is 7. The van der Waals surface area contributed by atoms with E-state index in [1.807, 2.05) is 37.2 Å². The SMILES string of the molecule is CN(C)c1nc(N[C@H]2CC[C@@H](CNC(=O)CC3Cc4ccccc4C3)CC2)nc2ccccc12. The molecule has 2 aliphatic rings. The molecule has 2 aliphatic carbocycles. The molecule has 0 unspecified atom stereocenters. The number of benzene rings is 2. The molecule has 34 heavy (non-hydrogen) atoms. The molecule has 1 saturated carbocycles. The van der Waals surface area contributed by atoms with E-state index in [1.165, 1.54) is 11.1 Å². The molecular formula is C28H35N5O. The molecule has 2 N–H and O–H groups in total. The molecular weight excluding hydrogens is 422 g/mol. The summed E-state index contributed by atoms with van der Waals surface area (Å²) in [7, 11) is 4.03. The smallest absolute Gasteiger partial charge is 0.225 e. The fraction of sp³-hybridized carbons (Fsp3) is 0.464. The molecule has 1 heterocycles. The van der Waals surface area contributed by atoms with Crippen molar-refractivity contribution in [2.45, 2.75) is 51.0 Å². The number of anilines is 2. The predicted octanol–water partition coefficient (Wildman–Crippen LogP) is 4.59. The van der Waals surface area contributed by atoms with Crippen LogP contribution in [0.15, 0.2) is 48.5 Å². The number of aromatic nitrogens is 2. The van der Waals surface area contributed by atoms with E-state index < -0.39 is 0 Å². The predicted molar refractivity (Wildman–Crippen MR) is 138 cm³/mol. The number of amides is 1. The number of hydrogen-bond donors (Lipinski definition) is 2. The summed E-state index contributed by atoms with van der Waals surface area (Å²) in [5.74, 6) is 2.86. The molecule has 1 fully saturated rings. The Hall–Kier alpha value is -3.15. The normalized spacial score (nSPS) is 20.2. The van der Waals surface area contributed by atoms with Crippen molar-refractivity contribution >= 4 is 28.6 Å². The van der Waals surface area contributed by atoms with Gasteiger partial charge in [0, 0.05) is 38.5 Å². The number of hydrogen-bond acceptors (Lipinski definition) is 5. The van der Waals surface area contributed by atoms with Gasteiger partial charge in [0.15, 0.2) is 0 Å². The molecule has 6 heteroatoms. The van der Waals surface area contributed by atoms with Crippen LogP contribution in [0.5, 0.6) is 0 Å². The van der Waals surface area contributed by atoms with Crippen LogP contribution in [0, 0.1) is 11.8 Å². The molecule has 5 rings (SSSR count). The van der Waals surface area contributed by atoms with Gasteiger partial charge in [-0.05, 0) is 73.6 Å². The minimum atomic E-state index is 0.207. The van der Waals surface area contributed by atoms with E-state index in [2.05, 4.69) is 41.0 Å². The second kappa shape index (κ2) is 10.00. The summed E-state index contributed by atoms with van der Waals surface area (Å²) >= 11 is 0. The molecule has 6 nitrogen and oxygen atoms in total. The summed E-state index contributed by atoms with van der Waals surface area (Å²) in [4.78, 5) is 24.1. The van der Waals surface area contributed by atoms with E-state index in [4.69, 9.17) is 9.97 Å². The molecule has 1 amide bonds. The van der Waals surface area contributed by atoms with Crippen LogP contribution < -0.4 is 15.5 Å². The molecule has 178 valence electrons. The summed E-state index contributed by atoms with van der Waals surface area (Å²) in [6.07, 6.45) is 7.08. The maximum atomic E-state index is 12.5. The van der Waals surface area contributed by atoms with Gasteiger partial charge in [0.25, 0.3) is 0 Å². The van der Waals surface area contributed by atoms with Gasteiger partial charge >= 0.3 is 0 Å². The summed E-state index contributed by atoms with van der Waals surface area (Å²) < 4.78 is 0. The van der Waals surface area contributed by atoms with Gasteiger partial charge in [0.2, 0.25) is 11.9 Å². The van der Waals surface area contributed by atoms with Crippen LogP contribution >= 0.6 is 0 Å². The Kier molecular flexibility index (Phi) is 6.66. The Balaban J connectivity index is 1.08. The monoisotopic (exact) mass is 457 g/mol. The van der Waals surface area contributed by atoms with Crippen molar-refractivity contribution in [2.24, 2.45) is 11.8 Å². The van der Waals surface area contributed by atoms with Crippen molar-refractivity contribution in [2.75, 3.05) is 30.9 Å². The highest BCUT2D eigenvalue weighted by molar-refractivity contribution is 5.90. The highest BCUT2D eigenvalue weighted by atomic mass is 16.1. The van der Waals surface area contributed by atoms with E-state index in [-0.39, 0.29) is 5.91 Å². The zero-order chi connectivity index (χ0) is 23.5. The van der Waals surface area contributed by atoms with Crippen LogP contribution in [-0.4, -0.2) is 42.6 Å². The largest absolute Gasteiger partial charge is 0.362 e. The summed E-state index contributed by atoms with van der Waals surface area (Å²) in [5, 5.41) is 7.86. The average Bonchev–Trinajstić information content (AvgIpc) is 3.25. The Morgan fingerprint density at radius 3 is 2.29 bits per heavy atom. The Morgan fingerprint density at radius 2 is 1.59 bits per heavy atom. The summed E-state index contributed by atoms with van der Waals surface area (Å²) in [6.45, 7) is 0.794. The minimum Gasteiger partial charge on any atom is -0.362 e. The second-order valence-electron chi connectivity index (χ2n) is 10.2. The van der Waals surface area contributed by atoms with Crippen molar-refractivity contribution < 1.29 is 4.79 Å². The van der Waals surface area contributed by atoms with Gasteiger partial charge in [-0.3, -0.25) is 4.79 Å². The van der Waals surface area contributed by atoms with Crippen molar-refractivity contribution in [1.29, 1.82) is 0 Å². The number of carbonyl (C=O) groups excluding carboxylic acids is 1. The first-order valence-corrected chi connectivity index (χ1v) is 12.6. The number of para-hydroxylation sites is 1. The highest BCUT2D eigenvalue weighted by Crippen LogP contribution is 2.30. The van der Waals surface area contributed by atoms with Gasteiger partial charge < -0.3 is 15.5 Å². The van der Waals surface area contributed by atoms with Gasteiger partial charge in [-0.15, -0.1) is 0 Å². The van der Waals surface area contributed by atoms with Crippen molar-refractivity contribution in [3.05, 3.63) is 59.7 Å². The standard InChI is InChI=1S/C28H35N5O/c1-33(2)27-24-9-5-6-10-25(24)31-28(32-27)30-23-13-11-19(12-14-23)18-29-26(34)17-20-15-21-7-3-4-8-22(21)16-20/h3-10,19-20,23H,11-18H2,1-2H3,(H,29,34)(H,30,31,32)/t19-,23+. The molecule has 0 radical (unpaired) electrons. The second-order valence-corrected chi connectivity index (χ2v) is 10.2. The number of carbonyl (C=O) groups is 1. The molecule has 0 aliphatic heterocycles. The van der Waals surface area contributed by atoms with Gasteiger partial charge in [-0.2, -0.15) is 4.98 Å². The van der Waals surface area contributed by atoms with E-state index in [1.54, 1.807) is 0 Å². The van der Waals surface area contributed by atoms with Crippen LogP contribution in [0.25, 0.3) is 10.9 Å². The zero-order valence-electron chi connectivity index (χ0n) is 20.3. The molecule has 3 aromatic rings. The van der Waals surface area contributed by atoms with Crippen LogP contribution in [-0.2, 0) is 17.6 Å². The lowest BCUT2D eigenvalue weighted by atomic mass is 9.86. The quantitative estimate of drug-likeness (QED) is 0.543. The molecule has 0 bridgehead atoms. The lowest BCUT2D eigenvalue weighted by Gasteiger charge is -2.29. The van der Waals surface area contributed by atoms with E-state index in [0.717, 1.165) is 61.8 Å². The number of nitrogens with zero attached hydrogens (tertiary/aromatic N) is 3. The highest BCUT2D eigenvalue weighted by Gasteiger charge is 2.25. The lowest BCUT2D eigenvalue weighted by Crippen LogP contribution is -2.35. The molecule has 2 aromatic carbocycles. The Morgan fingerprint density at radius 1 is 0.912 bits per heavy atom. The first-order valence-electron chi connectivity index (χ1n) is 12.6. The third kappa shape index (κ3) is 5.16. The topological polar surface area (TPSA) is 70.2 Å².